The molecule has 2 aromatic carbocycles. The number of rotatable bonds is 8. The van der Waals surface area contributed by atoms with Crippen molar-refractivity contribution in [3.05, 3.63) is 71.3 Å². The molecule has 3 nitrogen and oxygen atoms in total. The van der Waals surface area contributed by atoms with Crippen LogP contribution in [0.1, 0.15) is 16.7 Å². The zero-order chi connectivity index (χ0) is 15.8. The smallest absolute Gasteiger partial charge is 0.0771 e. The van der Waals surface area contributed by atoms with Crippen molar-refractivity contribution in [2.45, 2.75) is 19.5 Å². The van der Waals surface area contributed by atoms with Crippen LogP contribution in [0.15, 0.2) is 54.6 Å². The lowest BCUT2D eigenvalue weighted by atomic mass is 10.1. The molecule has 4 heteroatoms. The molecule has 0 unspecified atom stereocenters. The molecule has 22 heavy (non-hydrogen) atoms. The van der Waals surface area contributed by atoms with Gasteiger partial charge in [0, 0.05) is 26.1 Å². The Morgan fingerprint density at radius 1 is 0.909 bits per heavy atom. The number of hydrogen-bond acceptors (Lipinski definition) is 3. The molecule has 2 aromatic rings. The molecule has 0 amide bonds. The van der Waals surface area contributed by atoms with Crippen molar-refractivity contribution in [3.63, 3.8) is 0 Å². The molecule has 0 saturated heterocycles. The highest BCUT2D eigenvalue weighted by atomic mass is 32.1. The van der Waals surface area contributed by atoms with Gasteiger partial charge in [-0.1, -0.05) is 66.8 Å². The minimum atomic E-state index is 0.159. The summed E-state index contributed by atoms with van der Waals surface area (Å²) >= 11 is 4.93. The van der Waals surface area contributed by atoms with E-state index in [1.54, 1.807) is 0 Å². The number of nitrogens with zero attached hydrogens (tertiary/aromatic N) is 1. The van der Waals surface area contributed by atoms with Crippen LogP contribution in [0.4, 0.5) is 0 Å². The Bertz CT molecular complexity index is 584. The van der Waals surface area contributed by atoms with Crippen LogP contribution >= 0.6 is 12.2 Å². The van der Waals surface area contributed by atoms with E-state index >= 15 is 0 Å². The molecule has 116 valence electrons. The third-order valence-electron chi connectivity index (χ3n) is 3.47. The van der Waals surface area contributed by atoms with Crippen LogP contribution in [-0.2, 0) is 19.5 Å². The van der Waals surface area contributed by atoms with Crippen molar-refractivity contribution in [1.29, 1.82) is 0 Å². The maximum Gasteiger partial charge on any atom is 0.0771 e. The minimum absolute atomic E-state index is 0.159. The number of aliphatic hydroxyl groups is 1. The number of aliphatic hydroxyl groups excluding tert-OH is 1. The Balaban J connectivity index is 1.99. The fourth-order valence-corrected chi connectivity index (χ4v) is 2.59. The van der Waals surface area contributed by atoms with E-state index in [1.165, 1.54) is 11.1 Å². The van der Waals surface area contributed by atoms with Gasteiger partial charge in [0.2, 0.25) is 0 Å². The van der Waals surface area contributed by atoms with Gasteiger partial charge in [0.25, 0.3) is 0 Å². The lowest BCUT2D eigenvalue weighted by molar-refractivity contribution is 0.184. The predicted molar refractivity (Wildman–Crippen MR) is 94.6 cm³/mol. The summed E-state index contributed by atoms with van der Waals surface area (Å²) in [5, 5.41) is 9.27. The molecule has 0 aliphatic rings. The maximum absolute atomic E-state index is 9.27. The van der Waals surface area contributed by atoms with Gasteiger partial charge in [-0.15, -0.1) is 0 Å². The molecule has 0 aliphatic carbocycles. The highest BCUT2D eigenvalue weighted by Crippen LogP contribution is 2.11. The molecule has 0 heterocycles. The molecule has 0 aromatic heterocycles. The monoisotopic (exact) mass is 314 g/mol. The summed E-state index contributed by atoms with van der Waals surface area (Å²) in [6.45, 7) is 2.45. The largest absolute Gasteiger partial charge is 0.395 e. The summed E-state index contributed by atoms with van der Waals surface area (Å²) in [6, 6.07) is 18.6. The summed E-state index contributed by atoms with van der Waals surface area (Å²) in [7, 11) is 0. The molecule has 0 atom stereocenters. The van der Waals surface area contributed by atoms with Gasteiger partial charge >= 0.3 is 0 Å². The average molecular weight is 314 g/mol. The fourth-order valence-electron chi connectivity index (χ4n) is 2.42. The van der Waals surface area contributed by atoms with Crippen LogP contribution in [0.3, 0.4) is 0 Å². The third-order valence-corrected chi connectivity index (χ3v) is 3.62. The van der Waals surface area contributed by atoms with E-state index in [0.29, 0.717) is 18.0 Å². The Morgan fingerprint density at radius 3 is 2.00 bits per heavy atom. The van der Waals surface area contributed by atoms with Crippen LogP contribution in [-0.4, -0.2) is 28.1 Å². The van der Waals surface area contributed by atoms with Crippen LogP contribution in [0.5, 0.6) is 0 Å². The molecule has 0 radical (unpaired) electrons. The van der Waals surface area contributed by atoms with Gasteiger partial charge in [0.1, 0.15) is 0 Å². The van der Waals surface area contributed by atoms with Crippen LogP contribution in [0.2, 0.25) is 0 Å². The molecule has 3 N–H and O–H groups in total. The van der Waals surface area contributed by atoms with Gasteiger partial charge in [-0.05, 0) is 16.7 Å². The van der Waals surface area contributed by atoms with Crippen molar-refractivity contribution >= 4 is 17.2 Å². The first kappa shape index (κ1) is 16.6. The SMILES string of the molecule is NC(=S)Cc1ccc(CN(CCO)Cc2ccccc2)cc1. The molecule has 0 fully saturated rings. The van der Waals surface area contributed by atoms with E-state index in [-0.39, 0.29) is 6.61 Å². The number of hydrogen-bond donors (Lipinski definition) is 2. The third kappa shape index (κ3) is 5.56. The normalized spacial score (nSPS) is 10.8. The second-order valence-corrected chi connectivity index (χ2v) is 5.90. The van der Waals surface area contributed by atoms with Crippen LogP contribution < -0.4 is 5.73 Å². The standard InChI is InChI=1S/C18H22N2OS/c19-18(22)12-15-6-8-17(9-7-15)14-20(10-11-21)13-16-4-2-1-3-5-16/h1-9,21H,10-14H2,(H2,19,22). The molecule has 0 saturated carbocycles. The van der Waals surface area contributed by atoms with Gasteiger partial charge in [0.15, 0.2) is 0 Å². The van der Waals surface area contributed by atoms with E-state index in [1.807, 2.05) is 18.2 Å². The van der Waals surface area contributed by atoms with Crippen molar-refractivity contribution < 1.29 is 5.11 Å². The highest BCUT2D eigenvalue weighted by Gasteiger charge is 2.07. The van der Waals surface area contributed by atoms with Crippen LogP contribution in [0, 0.1) is 0 Å². The van der Waals surface area contributed by atoms with E-state index in [4.69, 9.17) is 18.0 Å². The highest BCUT2D eigenvalue weighted by molar-refractivity contribution is 7.80. The first-order valence-electron chi connectivity index (χ1n) is 7.40. The number of nitrogens with two attached hydrogens (primary N) is 1. The van der Waals surface area contributed by atoms with E-state index in [9.17, 15) is 5.11 Å². The summed E-state index contributed by atoms with van der Waals surface area (Å²) in [4.78, 5) is 2.75. The van der Waals surface area contributed by atoms with Gasteiger partial charge in [-0.2, -0.15) is 0 Å². The first-order chi connectivity index (χ1) is 10.7. The lowest BCUT2D eigenvalue weighted by Gasteiger charge is -2.21. The topological polar surface area (TPSA) is 49.5 Å². The second-order valence-electron chi connectivity index (χ2n) is 5.38. The van der Waals surface area contributed by atoms with Crippen molar-refractivity contribution in [2.75, 3.05) is 13.2 Å². The number of thiocarbonyl (C=S) groups is 1. The lowest BCUT2D eigenvalue weighted by Crippen LogP contribution is -2.26. The van der Waals surface area contributed by atoms with Gasteiger partial charge in [0.05, 0.1) is 11.6 Å². The molecular formula is C18H22N2OS. The van der Waals surface area contributed by atoms with E-state index < -0.39 is 0 Å². The molecule has 0 spiro atoms. The van der Waals surface area contributed by atoms with Gasteiger partial charge < -0.3 is 10.8 Å². The summed E-state index contributed by atoms with van der Waals surface area (Å²) in [5.41, 5.74) is 9.17. The summed E-state index contributed by atoms with van der Waals surface area (Å²) in [5.74, 6) is 0. The minimum Gasteiger partial charge on any atom is -0.395 e. The summed E-state index contributed by atoms with van der Waals surface area (Å²) < 4.78 is 0. The maximum atomic E-state index is 9.27. The molecular weight excluding hydrogens is 292 g/mol. The van der Waals surface area contributed by atoms with Crippen molar-refractivity contribution in [1.82, 2.24) is 4.90 Å². The Morgan fingerprint density at radius 2 is 1.45 bits per heavy atom. The fraction of sp³-hybridized carbons (Fsp3) is 0.278. The van der Waals surface area contributed by atoms with E-state index in [2.05, 4.69) is 41.3 Å². The molecule has 2 rings (SSSR count). The predicted octanol–water partition coefficient (Wildman–Crippen LogP) is 2.51. The average Bonchev–Trinajstić information content (AvgIpc) is 2.50. The van der Waals surface area contributed by atoms with E-state index in [0.717, 1.165) is 18.7 Å². The van der Waals surface area contributed by atoms with Crippen molar-refractivity contribution in [2.24, 2.45) is 5.73 Å². The van der Waals surface area contributed by atoms with Crippen molar-refractivity contribution in [3.8, 4) is 0 Å². The summed E-state index contributed by atoms with van der Waals surface area (Å²) in [6.07, 6.45) is 0.639. The first-order valence-corrected chi connectivity index (χ1v) is 7.81. The Hall–Kier alpha value is -1.75. The Labute approximate surface area is 137 Å². The second kappa shape index (κ2) is 8.63. The number of benzene rings is 2. The molecule has 0 bridgehead atoms. The van der Waals surface area contributed by atoms with Crippen LogP contribution in [0.25, 0.3) is 0 Å². The zero-order valence-electron chi connectivity index (χ0n) is 12.6. The molecule has 0 aliphatic heterocycles. The van der Waals surface area contributed by atoms with Gasteiger partial charge in [-0.25, -0.2) is 0 Å². The van der Waals surface area contributed by atoms with Gasteiger partial charge in [-0.3, -0.25) is 4.90 Å². The zero-order valence-corrected chi connectivity index (χ0v) is 13.4. The quantitative estimate of drug-likeness (QED) is 0.735. The Kier molecular flexibility index (Phi) is 6.52.